The summed E-state index contributed by atoms with van der Waals surface area (Å²) in [4.78, 5) is 8.81. The van der Waals surface area contributed by atoms with Crippen LogP contribution in [0.15, 0.2) is 0 Å². The van der Waals surface area contributed by atoms with Crippen LogP contribution >= 0.6 is 0 Å². The lowest BCUT2D eigenvalue weighted by Gasteiger charge is -2.39. The highest BCUT2D eigenvalue weighted by atomic mass is 16.1. The zero-order chi connectivity index (χ0) is 27.0. The molecule has 0 aromatic rings. The molecule has 0 unspecified atom stereocenters. The van der Waals surface area contributed by atoms with Crippen LogP contribution in [0.2, 0.25) is 0 Å². The van der Waals surface area contributed by atoms with Crippen LogP contribution in [0.4, 0.5) is 0 Å². The molecule has 0 aromatic carbocycles. The Morgan fingerprint density at radius 1 is 0.361 bits per heavy atom. The van der Waals surface area contributed by atoms with Crippen LogP contribution in [-0.2, 0) is 4.79 Å². The molecule has 0 rings (SSSR count). The Morgan fingerprint density at radius 3 is 0.750 bits per heavy atom. The SMILES string of the molecule is CC=O.CCCCCCCCCCCCCC[N+](CCCCCC)(CCCCCC)CCCCCC. The first-order chi connectivity index (χ1) is 17.7. The summed E-state index contributed by atoms with van der Waals surface area (Å²) in [6, 6.07) is 0. The van der Waals surface area contributed by atoms with E-state index in [9.17, 15) is 0 Å². The first kappa shape index (κ1) is 37.8. The van der Waals surface area contributed by atoms with Gasteiger partial charge in [-0.05, 0) is 58.3 Å². The van der Waals surface area contributed by atoms with Gasteiger partial charge in [0.05, 0.1) is 26.2 Å². The Kier molecular flexibility index (Phi) is 34.3. The molecule has 0 radical (unpaired) electrons. The maximum Gasteiger partial charge on any atom is 0.116 e. The molecule has 0 aromatic heterocycles. The Hall–Kier alpha value is -0.370. The third kappa shape index (κ3) is 28.2. The van der Waals surface area contributed by atoms with E-state index in [1.54, 1.807) is 0 Å². The zero-order valence-electron chi connectivity index (χ0n) is 26.2. The number of hydrogen-bond donors (Lipinski definition) is 0. The van der Waals surface area contributed by atoms with Gasteiger partial charge in [-0.1, -0.05) is 130 Å². The minimum absolute atomic E-state index is 0.750. The average Bonchev–Trinajstić information content (AvgIpc) is 2.88. The molecule has 0 aliphatic heterocycles. The van der Waals surface area contributed by atoms with Gasteiger partial charge in [0.25, 0.3) is 0 Å². The fourth-order valence-electron chi connectivity index (χ4n) is 5.58. The summed E-state index contributed by atoms with van der Waals surface area (Å²) in [5.74, 6) is 0. The van der Waals surface area contributed by atoms with Crippen LogP contribution in [-0.4, -0.2) is 36.9 Å². The molecule has 0 atom stereocenters. The number of carbonyl (C=O) groups excluding carboxylic acids is 1. The Balaban J connectivity index is 0. The quantitative estimate of drug-likeness (QED) is 0.0581. The number of unbranched alkanes of at least 4 members (excludes halogenated alkanes) is 20. The van der Waals surface area contributed by atoms with Crippen molar-refractivity contribution in [3.63, 3.8) is 0 Å². The summed E-state index contributed by atoms with van der Waals surface area (Å²) in [5, 5.41) is 0. The van der Waals surface area contributed by atoms with Crippen molar-refractivity contribution < 1.29 is 9.28 Å². The van der Waals surface area contributed by atoms with Gasteiger partial charge < -0.3 is 9.28 Å². The molecule has 0 bridgehead atoms. The van der Waals surface area contributed by atoms with E-state index in [1.807, 2.05) is 0 Å². The molecule has 0 saturated heterocycles. The lowest BCUT2D eigenvalue weighted by Crippen LogP contribution is -2.50. The monoisotopic (exact) mass is 511 g/mol. The lowest BCUT2D eigenvalue weighted by atomic mass is 10.0. The summed E-state index contributed by atoms with van der Waals surface area (Å²) >= 11 is 0. The van der Waals surface area contributed by atoms with Crippen molar-refractivity contribution in [2.45, 2.75) is 189 Å². The van der Waals surface area contributed by atoms with Crippen LogP contribution in [0.25, 0.3) is 0 Å². The number of nitrogens with zero attached hydrogens (tertiary/aromatic N) is 1. The van der Waals surface area contributed by atoms with Gasteiger partial charge in [-0.15, -0.1) is 0 Å². The third-order valence-electron chi connectivity index (χ3n) is 7.94. The number of rotatable bonds is 28. The van der Waals surface area contributed by atoms with Gasteiger partial charge in [-0.25, -0.2) is 0 Å². The topological polar surface area (TPSA) is 17.1 Å². The van der Waals surface area contributed by atoms with Gasteiger partial charge in [0, 0.05) is 0 Å². The van der Waals surface area contributed by atoms with Crippen molar-refractivity contribution >= 4 is 6.29 Å². The summed E-state index contributed by atoms with van der Waals surface area (Å²) in [6.07, 6.45) is 35.5. The van der Waals surface area contributed by atoms with Gasteiger partial charge in [0.1, 0.15) is 6.29 Å². The molecular formula is C34H72NO+. The van der Waals surface area contributed by atoms with E-state index in [-0.39, 0.29) is 0 Å². The van der Waals surface area contributed by atoms with Gasteiger partial charge in [0.2, 0.25) is 0 Å². The normalized spacial score (nSPS) is 11.4. The van der Waals surface area contributed by atoms with Crippen LogP contribution in [0.1, 0.15) is 189 Å². The summed E-state index contributed by atoms with van der Waals surface area (Å²) in [5.41, 5.74) is 0. The highest BCUT2D eigenvalue weighted by Gasteiger charge is 2.25. The maximum absolute atomic E-state index is 8.81. The van der Waals surface area contributed by atoms with Crippen LogP contribution in [0, 0.1) is 0 Å². The smallest absolute Gasteiger partial charge is 0.116 e. The van der Waals surface area contributed by atoms with Crippen molar-refractivity contribution in [3.8, 4) is 0 Å². The summed E-state index contributed by atoms with van der Waals surface area (Å²) in [6.45, 7) is 16.7. The van der Waals surface area contributed by atoms with E-state index < -0.39 is 0 Å². The predicted octanol–water partition coefficient (Wildman–Crippen LogP) is 11.5. The number of quaternary nitrogens is 1. The molecule has 0 spiro atoms. The van der Waals surface area contributed by atoms with Gasteiger partial charge in [-0.2, -0.15) is 0 Å². The van der Waals surface area contributed by atoms with Crippen molar-refractivity contribution in [3.05, 3.63) is 0 Å². The average molecular weight is 511 g/mol. The molecule has 0 aliphatic carbocycles. The minimum Gasteiger partial charge on any atom is -0.324 e. The van der Waals surface area contributed by atoms with Crippen molar-refractivity contribution in [2.75, 3.05) is 26.2 Å². The second-order valence-corrected chi connectivity index (χ2v) is 11.5. The highest BCUT2D eigenvalue weighted by molar-refractivity contribution is 5.44. The van der Waals surface area contributed by atoms with Crippen molar-refractivity contribution in [1.82, 2.24) is 0 Å². The Morgan fingerprint density at radius 2 is 0.528 bits per heavy atom. The first-order valence-electron chi connectivity index (χ1n) is 16.9. The molecule has 0 N–H and O–H groups in total. The minimum atomic E-state index is 0.750. The highest BCUT2D eigenvalue weighted by Crippen LogP contribution is 2.20. The van der Waals surface area contributed by atoms with E-state index in [2.05, 4.69) is 27.7 Å². The molecule has 0 saturated carbocycles. The van der Waals surface area contributed by atoms with Crippen molar-refractivity contribution in [2.24, 2.45) is 0 Å². The predicted molar refractivity (Wildman–Crippen MR) is 165 cm³/mol. The van der Waals surface area contributed by atoms with Crippen LogP contribution < -0.4 is 0 Å². The molecule has 0 aliphatic rings. The summed E-state index contributed by atoms with van der Waals surface area (Å²) < 4.78 is 1.47. The standard InChI is InChI=1S/C32H68N.C2H4O/c1-5-9-13-17-18-19-20-21-22-23-24-28-32-33(29-25-14-10-6-2,30-26-15-11-7-3)31-27-16-12-8-4;1-2-3/h5-32H2,1-4H3;2H,1H3/q+1;. The maximum atomic E-state index is 8.81. The van der Waals surface area contributed by atoms with Crippen LogP contribution in [0.3, 0.4) is 0 Å². The number of carbonyl (C=O) groups is 1. The molecule has 2 nitrogen and oxygen atoms in total. The lowest BCUT2D eigenvalue weighted by molar-refractivity contribution is -0.929. The number of aldehydes is 1. The molecule has 36 heavy (non-hydrogen) atoms. The Labute approximate surface area is 230 Å². The first-order valence-corrected chi connectivity index (χ1v) is 16.9. The molecule has 0 heterocycles. The zero-order valence-corrected chi connectivity index (χ0v) is 26.2. The van der Waals surface area contributed by atoms with Crippen LogP contribution in [0.5, 0.6) is 0 Å². The van der Waals surface area contributed by atoms with E-state index in [0.29, 0.717) is 0 Å². The fourth-order valence-corrected chi connectivity index (χ4v) is 5.58. The second-order valence-electron chi connectivity index (χ2n) is 11.5. The van der Waals surface area contributed by atoms with E-state index >= 15 is 0 Å². The summed E-state index contributed by atoms with van der Waals surface area (Å²) in [7, 11) is 0. The third-order valence-corrected chi connectivity index (χ3v) is 7.94. The molecular weight excluding hydrogens is 438 g/mol. The van der Waals surface area contributed by atoms with Gasteiger partial charge in [0.15, 0.2) is 0 Å². The molecule has 218 valence electrons. The largest absolute Gasteiger partial charge is 0.324 e. The number of hydrogen-bond acceptors (Lipinski definition) is 1. The van der Waals surface area contributed by atoms with E-state index in [0.717, 1.165) is 6.29 Å². The fraction of sp³-hybridized carbons (Fsp3) is 0.971. The van der Waals surface area contributed by atoms with Gasteiger partial charge >= 0.3 is 0 Å². The van der Waals surface area contributed by atoms with E-state index in [4.69, 9.17) is 4.79 Å². The van der Waals surface area contributed by atoms with E-state index in [1.165, 1.54) is 192 Å². The molecule has 0 fully saturated rings. The molecule has 2 heteroatoms. The Bertz CT molecular complexity index is 363. The van der Waals surface area contributed by atoms with Gasteiger partial charge in [-0.3, -0.25) is 0 Å². The molecule has 0 amide bonds. The van der Waals surface area contributed by atoms with Crippen molar-refractivity contribution in [1.29, 1.82) is 0 Å². The second kappa shape index (κ2) is 32.7.